The van der Waals surface area contributed by atoms with Gasteiger partial charge in [0.25, 0.3) is 0 Å². The van der Waals surface area contributed by atoms with Crippen molar-refractivity contribution in [2.24, 2.45) is 18.7 Å². The number of carbonyl (C=O) groups excluding carboxylic acids is 2. The summed E-state index contributed by atoms with van der Waals surface area (Å²) >= 11 is 0. The van der Waals surface area contributed by atoms with Crippen molar-refractivity contribution in [2.45, 2.75) is 49.8 Å². The van der Waals surface area contributed by atoms with Crippen molar-refractivity contribution in [2.75, 3.05) is 26.2 Å². The van der Waals surface area contributed by atoms with E-state index in [0.29, 0.717) is 57.4 Å². The summed E-state index contributed by atoms with van der Waals surface area (Å²) in [5.74, 6) is 0.342. The minimum Gasteiger partial charge on any atom is -0.369 e. The minimum absolute atomic E-state index is 0.0355. The normalized spacial score (nSPS) is 18.8. The van der Waals surface area contributed by atoms with Crippen LogP contribution in [0.1, 0.15) is 44.3 Å². The van der Waals surface area contributed by atoms with E-state index in [2.05, 4.69) is 4.98 Å². The van der Waals surface area contributed by atoms with Gasteiger partial charge in [0.1, 0.15) is 5.82 Å². The summed E-state index contributed by atoms with van der Waals surface area (Å²) in [5.41, 5.74) is 6.82. The third kappa shape index (κ3) is 4.52. The van der Waals surface area contributed by atoms with E-state index in [0.717, 1.165) is 30.6 Å². The number of sulfonamides is 1. The van der Waals surface area contributed by atoms with Crippen LogP contribution >= 0.6 is 0 Å². The summed E-state index contributed by atoms with van der Waals surface area (Å²) in [6.07, 6.45) is 4.86. The molecule has 0 spiro atoms. The number of carbonyl (C=O) groups is 2. The van der Waals surface area contributed by atoms with Gasteiger partial charge < -0.3 is 15.2 Å². The molecule has 3 heterocycles. The molecule has 1 aromatic carbocycles. The maximum absolute atomic E-state index is 13.0. The van der Waals surface area contributed by atoms with Crippen molar-refractivity contribution in [1.29, 1.82) is 0 Å². The van der Waals surface area contributed by atoms with Crippen LogP contribution in [-0.2, 0) is 33.1 Å². The van der Waals surface area contributed by atoms with Gasteiger partial charge >= 0.3 is 0 Å². The van der Waals surface area contributed by atoms with Crippen LogP contribution in [0, 0.1) is 5.92 Å². The van der Waals surface area contributed by atoms with Crippen LogP contribution in [0.2, 0.25) is 0 Å². The van der Waals surface area contributed by atoms with Crippen LogP contribution in [0.4, 0.5) is 0 Å². The Hall–Kier alpha value is -2.46. The van der Waals surface area contributed by atoms with Crippen molar-refractivity contribution < 1.29 is 18.0 Å². The molecule has 4 rings (SSSR count). The van der Waals surface area contributed by atoms with Crippen LogP contribution in [0.5, 0.6) is 0 Å². The lowest BCUT2D eigenvalue weighted by Gasteiger charge is -2.30. The van der Waals surface area contributed by atoms with Crippen molar-refractivity contribution in [3.8, 4) is 0 Å². The molecule has 2 saturated heterocycles. The molecule has 1 aromatic heterocycles. The van der Waals surface area contributed by atoms with Crippen LogP contribution in [-0.4, -0.2) is 65.2 Å². The summed E-state index contributed by atoms with van der Waals surface area (Å²) in [5, 5.41) is 0. The van der Waals surface area contributed by atoms with Gasteiger partial charge in [0.05, 0.1) is 15.9 Å². The van der Waals surface area contributed by atoms with Gasteiger partial charge in [-0.2, -0.15) is 4.31 Å². The minimum atomic E-state index is -3.52. The van der Waals surface area contributed by atoms with E-state index >= 15 is 0 Å². The van der Waals surface area contributed by atoms with Crippen molar-refractivity contribution >= 4 is 32.9 Å². The van der Waals surface area contributed by atoms with E-state index in [1.54, 1.807) is 27.4 Å². The highest BCUT2D eigenvalue weighted by atomic mass is 32.2. The summed E-state index contributed by atoms with van der Waals surface area (Å²) in [7, 11) is -1.64. The van der Waals surface area contributed by atoms with E-state index in [9.17, 15) is 18.0 Å². The molecule has 174 valence electrons. The Kier molecular flexibility index (Phi) is 6.52. The second kappa shape index (κ2) is 9.19. The SMILES string of the molecule is Cn1c(CCC(=O)N2CCC(C(N)=O)CC2)nc2cc(S(=O)(=O)N3CCCCC3)ccc21. The third-order valence-corrected chi connectivity index (χ3v) is 8.60. The predicted octanol–water partition coefficient (Wildman–Crippen LogP) is 1.40. The third-order valence-electron chi connectivity index (χ3n) is 6.71. The fourth-order valence-electron chi connectivity index (χ4n) is 4.66. The van der Waals surface area contributed by atoms with E-state index in [4.69, 9.17) is 5.73 Å². The molecule has 0 radical (unpaired) electrons. The number of benzene rings is 1. The highest BCUT2D eigenvalue weighted by molar-refractivity contribution is 7.89. The number of aromatic nitrogens is 2. The Bertz CT molecular complexity index is 1110. The molecule has 2 aliphatic rings. The van der Waals surface area contributed by atoms with Gasteiger partial charge in [-0.3, -0.25) is 9.59 Å². The van der Waals surface area contributed by atoms with Gasteiger partial charge in [-0.15, -0.1) is 0 Å². The van der Waals surface area contributed by atoms with Gasteiger partial charge in [-0.25, -0.2) is 13.4 Å². The van der Waals surface area contributed by atoms with Gasteiger partial charge in [-0.1, -0.05) is 6.42 Å². The molecule has 0 bridgehead atoms. The molecule has 0 saturated carbocycles. The Labute approximate surface area is 188 Å². The zero-order chi connectivity index (χ0) is 22.9. The van der Waals surface area contributed by atoms with Crippen LogP contribution in [0.15, 0.2) is 23.1 Å². The molecule has 2 amide bonds. The second-order valence-corrected chi connectivity index (χ2v) is 10.7. The number of fused-ring (bicyclic) bond motifs is 1. The number of primary amides is 1. The second-order valence-electron chi connectivity index (χ2n) is 8.76. The number of aryl methyl sites for hydroxylation is 2. The first kappa shape index (κ1) is 22.7. The average molecular weight is 462 g/mol. The van der Waals surface area contributed by atoms with E-state index < -0.39 is 10.0 Å². The summed E-state index contributed by atoms with van der Waals surface area (Å²) in [4.78, 5) is 30.6. The number of amides is 2. The largest absolute Gasteiger partial charge is 0.369 e. The summed E-state index contributed by atoms with van der Waals surface area (Å²) < 4.78 is 29.5. The number of rotatable bonds is 6. The number of hydrogen-bond acceptors (Lipinski definition) is 5. The molecule has 0 unspecified atom stereocenters. The molecule has 9 nitrogen and oxygen atoms in total. The lowest BCUT2D eigenvalue weighted by Crippen LogP contribution is -2.41. The molecule has 10 heteroatoms. The molecule has 2 fully saturated rings. The predicted molar refractivity (Wildman–Crippen MR) is 120 cm³/mol. The fourth-order valence-corrected chi connectivity index (χ4v) is 6.20. The molecular weight excluding hydrogens is 430 g/mol. The molecule has 0 atom stereocenters. The Morgan fingerprint density at radius 3 is 2.44 bits per heavy atom. The lowest BCUT2D eigenvalue weighted by molar-refractivity contribution is -0.134. The summed E-state index contributed by atoms with van der Waals surface area (Å²) in [6, 6.07) is 5.07. The molecule has 2 aromatic rings. The zero-order valence-electron chi connectivity index (χ0n) is 18.5. The van der Waals surface area contributed by atoms with E-state index in [-0.39, 0.29) is 22.6 Å². The summed E-state index contributed by atoms with van der Waals surface area (Å²) in [6.45, 7) is 2.22. The lowest BCUT2D eigenvalue weighted by atomic mass is 9.96. The maximum atomic E-state index is 13.0. The average Bonchev–Trinajstić information content (AvgIpc) is 3.13. The number of likely N-dealkylation sites (tertiary alicyclic amines) is 1. The van der Waals surface area contributed by atoms with Crippen LogP contribution < -0.4 is 5.73 Å². The highest BCUT2D eigenvalue weighted by Gasteiger charge is 2.27. The van der Waals surface area contributed by atoms with Gasteiger partial charge in [0.15, 0.2) is 0 Å². The van der Waals surface area contributed by atoms with Gasteiger partial charge in [-0.05, 0) is 43.9 Å². The van der Waals surface area contributed by atoms with E-state index in [1.807, 2.05) is 11.6 Å². The molecule has 2 N–H and O–H groups in total. The smallest absolute Gasteiger partial charge is 0.243 e. The first-order chi connectivity index (χ1) is 15.3. The zero-order valence-corrected chi connectivity index (χ0v) is 19.3. The number of piperidine rings is 2. The fraction of sp³-hybridized carbons (Fsp3) is 0.591. The number of nitrogens with zero attached hydrogens (tertiary/aromatic N) is 4. The van der Waals surface area contributed by atoms with Crippen molar-refractivity contribution in [1.82, 2.24) is 18.8 Å². The van der Waals surface area contributed by atoms with Crippen molar-refractivity contribution in [3.05, 3.63) is 24.0 Å². The Balaban J connectivity index is 1.44. The topological polar surface area (TPSA) is 119 Å². The quantitative estimate of drug-likeness (QED) is 0.698. The van der Waals surface area contributed by atoms with Crippen molar-refractivity contribution in [3.63, 3.8) is 0 Å². The van der Waals surface area contributed by atoms with Gasteiger partial charge in [0.2, 0.25) is 21.8 Å². The Morgan fingerprint density at radius 2 is 1.78 bits per heavy atom. The number of imidazole rings is 1. The maximum Gasteiger partial charge on any atom is 0.243 e. The van der Waals surface area contributed by atoms with E-state index in [1.165, 1.54) is 0 Å². The first-order valence-electron chi connectivity index (χ1n) is 11.3. The molecule has 2 aliphatic heterocycles. The standard InChI is InChI=1S/C22H31N5O4S/c1-25-19-6-5-17(32(30,31)27-11-3-2-4-12-27)15-18(19)24-20(25)7-8-21(28)26-13-9-16(10-14-26)22(23)29/h5-6,15-16H,2-4,7-14H2,1H3,(H2,23,29). The van der Waals surface area contributed by atoms with Gasteiger partial charge in [0, 0.05) is 52.0 Å². The monoisotopic (exact) mass is 461 g/mol. The first-order valence-corrected chi connectivity index (χ1v) is 12.7. The molecular formula is C22H31N5O4S. The number of hydrogen-bond donors (Lipinski definition) is 1. The molecule has 32 heavy (non-hydrogen) atoms. The number of nitrogens with two attached hydrogens (primary N) is 1. The Morgan fingerprint density at radius 1 is 1.09 bits per heavy atom. The molecule has 0 aliphatic carbocycles. The highest BCUT2D eigenvalue weighted by Crippen LogP contribution is 2.25. The van der Waals surface area contributed by atoms with Crippen LogP contribution in [0.25, 0.3) is 11.0 Å². The van der Waals surface area contributed by atoms with Crippen LogP contribution in [0.3, 0.4) is 0 Å².